The number of hydrogen-bond acceptors (Lipinski definition) is 2. The molecule has 1 unspecified atom stereocenters. The average molecular weight is 323 g/mol. The number of likely N-dealkylation sites (tertiary alicyclic amines) is 1. The van der Waals surface area contributed by atoms with Crippen LogP contribution in [0.2, 0.25) is 0 Å². The number of piperidine rings is 1. The van der Waals surface area contributed by atoms with Gasteiger partial charge in [0.2, 0.25) is 0 Å². The van der Waals surface area contributed by atoms with Crippen molar-refractivity contribution < 1.29 is 13.2 Å². The number of pyridine rings is 1. The fraction of sp³-hybridized carbons (Fsp3) is 0.583. The smallest absolute Gasteiger partial charge is 0.297 e. The molecule has 6 heteroatoms. The van der Waals surface area contributed by atoms with E-state index in [0.717, 1.165) is 5.69 Å². The average Bonchev–Trinajstić information content (AvgIpc) is 2.28. The van der Waals surface area contributed by atoms with Crippen molar-refractivity contribution in [1.82, 2.24) is 9.88 Å². The van der Waals surface area contributed by atoms with Crippen LogP contribution in [0.1, 0.15) is 18.5 Å². The second kappa shape index (κ2) is 5.57. The first-order valence-electron chi connectivity index (χ1n) is 5.85. The number of alkyl halides is 3. The van der Waals surface area contributed by atoms with E-state index in [-0.39, 0.29) is 13.0 Å². The van der Waals surface area contributed by atoms with E-state index in [4.69, 9.17) is 0 Å². The lowest BCUT2D eigenvalue weighted by atomic mass is 9.97. The summed E-state index contributed by atoms with van der Waals surface area (Å²) in [6.07, 6.45) is -3.24. The fourth-order valence-corrected chi connectivity index (χ4v) is 2.61. The summed E-state index contributed by atoms with van der Waals surface area (Å²) in [5, 5.41) is 0. The molecule has 2 nitrogen and oxygen atoms in total. The normalized spacial score (nSPS) is 22.1. The van der Waals surface area contributed by atoms with Crippen LogP contribution >= 0.6 is 15.9 Å². The standard InChI is InChI=1S/C12H14BrF3N2/c13-11-5-1-4-10(17-11)8-18-6-2-3-9(7-18)12(14,15)16/h1,4-5,9H,2-3,6-8H2. The van der Waals surface area contributed by atoms with Gasteiger partial charge in [0.05, 0.1) is 11.6 Å². The molecular weight excluding hydrogens is 309 g/mol. The van der Waals surface area contributed by atoms with Crippen LogP contribution < -0.4 is 0 Å². The van der Waals surface area contributed by atoms with Gasteiger partial charge in [0.15, 0.2) is 0 Å². The van der Waals surface area contributed by atoms with Crippen molar-refractivity contribution in [3.8, 4) is 0 Å². The molecule has 100 valence electrons. The molecule has 0 aromatic carbocycles. The van der Waals surface area contributed by atoms with E-state index < -0.39 is 12.1 Å². The van der Waals surface area contributed by atoms with E-state index in [9.17, 15) is 13.2 Å². The van der Waals surface area contributed by atoms with Crippen molar-refractivity contribution >= 4 is 15.9 Å². The molecule has 18 heavy (non-hydrogen) atoms. The molecule has 1 atom stereocenters. The molecule has 1 aromatic heterocycles. The number of hydrogen-bond donors (Lipinski definition) is 0. The van der Waals surface area contributed by atoms with Crippen molar-refractivity contribution in [2.24, 2.45) is 5.92 Å². The largest absolute Gasteiger partial charge is 0.393 e. The van der Waals surface area contributed by atoms with Crippen LogP contribution in [0.4, 0.5) is 13.2 Å². The quantitative estimate of drug-likeness (QED) is 0.773. The Hall–Kier alpha value is -0.620. The molecular formula is C12H14BrF3N2. The van der Waals surface area contributed by atoms with Crippen molar-refractivity contribution in [3.63, 3.8) is 0 Å². The summed E-state index contributed by atoms with van der Waals surface area (Å²) in [5.41, 5.74) is 0.798. The summed E-state index contributed by atoms with van der Waals surface area (Å²) in [6.45, 7) is 1.27. The second-order valence-electron chi connectivity index (χ2n) is 4.57. The van der Waals surface area contributed by atoms with E-state index in [0.29, 0.717) is 24.1 Å². The van der Waals surface area contributed by atoms with E-state index in [1.807, 2.05) is 17.0 Å². The van der Waals surface area contributed by atoms with Gasteiger partial charge in [-0.2, -0.15) is 13.2 Å². The highest BCUT2D eigenvalue weighted by Crippen LogP contribution is 2.33. The van der Waals surface area contributed by atoms with Gasteiger partial charge in [0.25, 0.3) is 0 Å². The topological polar surface area (TPSA) is 16.1 Å². The van der Waals surface area contributed by atoms with Gasteiger partial charge in [-0.05, 0) is 47.4 Å². The summed E-state index contributed by atoms with van der Waals surface area (Å²) in [7, 11) is 0. The lowest BCUT2D eigenvalue weighted by Crippen LogP contribution is -2.41. The summed E-state index contributed by atoms with van der Waals surface area (Å²) < 4.78 is 38.7. The molecule has 1 aromatic rings. The zero-order chi connectivity index (χ0) is 13.2. The molecule has 1 saturated heterocycles. The van der Waals surface area contributed by atoms with Gasteiger partial charge >= 0.3 is 6.18 Å². The van der Waals surface area contributed by atoms with Gasteiger partial charge in [-0.15, -0.1) is 0 Å². The Morgan fingerprint density at radius 3 is 2.83 bits per heavy atom. The van der Waals surface area contributed by atoms with Crippen molar-refractivity contribution in [2.45, 2.75) is 25.6 Å². The van der Waals surface area contributed by atoms with E-state index in [1.54, 1.807) is 6.07 Å². The highest BCUT2D eigenvalue weighted by atomic mass is 79.9. The van der Waals surface area contributed by atoms with Gasteiger partial charge < -0.3 is 0 Å². The Kier molecular flexibility index (Phi) is 4.27. The molecule has 0 N–H and O–H groups in total. The van der Waals surface area contributed by atoms with Gasteiger partial charge in [0.1, 0.15) is 4.60 Å². The molecule has 0 bridgehead atoms. The summed E-state index contributed by atoms with van der Waals surface area (Å²) >= 11 is 3.26. The third kappa shape index (κ3) is 3.68. The monoisotopic (exact) mass is 322 g/mol. The molecule has 1 aliphatic rings. The van der Waals surface area contributed by atoms with Gasteiger partial charge in [0, 0.05) is 13.1 Å². The van der Waals surface area contributed by atoms with Crippen LogP contribution in [0.15, 0.2) is 22.8 Å². The Morgan fingerprint density at radius 1 is 1.39 bits per heavy atom. The maximum Gasteiger partial charge on any atom is 0.393 e. The van der Waals surface area contributed by atoms with Crippen molar-refractivity contribution in [3.05, 3.63) is 28.5 Å². The molecule has 2 heterocycles. The lowest BCUT2D eigenvalue weighted by molar-refractivity contribution is -0.187. The number of nitrogens with zero attached hydrogens (tertiary/aromatic N) is 2. The highest BCUT2D eigenvalue weighted by Gasteiger charge is 2.41. The second-order valence-corrected chi connectivity index (χ2v) is 5.38. The minimum atomic E-state index is -4.08. The fourth-order valence-electron chi connectivity index (χ4n) is 2.23. The minimum absolute atomic E-state index is 0.0810. The molecule has 0 aliphatic carbocycles. The van der Waals surface area contributed by atoms with Crippen LogP contribution in [-0.2, 0) is 6.54 Å². The maximum absolute atomic E-state index is 12.7. The Balaban J connectivity index is 1.98. The van der Waals surface area contributed by atoms with Crippen LogP contribution in [0.25, 0.3) is 0 Å². The van der Waals surface area contributed by atoms with E-state index in [1.165, 1.54) is 0 Å². The first kappa shape index (κ1) is 13.8. The predicted molar refractivity (Wildman–Crippen MR) is 66.0 cm³/mol. The zero-order valence-corrected chi connectivity index (χ0v) is 11.3. The summed E-state index contributed by atoms with van der Waals surface area (Å²) in [4.78, 5) is 6.08. The number of aromatic nitrogens is 1. The molecule has 0 radical (unpaired) electrons. The summed E-state index contributed by atoms with van der Waals surface area (Å²) in [6, 6.07) is 5.48. The van der Waals surface area contributed by atoms with Gasteiger partial charge in [-0.25, -0.2) is 4.98 Å². The first-order chi connectivity index (χ1) is 8.45. The van der Waals surface area contributed by atoms with E-state index in [2.05, 4.69) is 20.9 Å². The molecule has 1 fully saturated rings. The van der Waals surface area contributed by atoms with Crippen LogP contribution in [0, 0.1) is 5.92 Å². The maximum atomic E-state index is 12.7. The molecule has 0 saturated carbocycles. The third-order valence-corrected chi connectivity index (χ3v) is 3.57. The first-order valence-corrected chi connectivity index (χ1v) is 6.65. The summed E-state index contributed by atoms with van der Waals surface area (Å²) in [5.74, 6) is -1.20. The van der Waals surface area contributed by atoms with Crippen molar-refractivity contribution in [1.29, 1.82) is 0 Å². The highest BCUT2D eigenvalue weighted by molar-refractivity contribution is 9.10. The number of rotatable bonds is 2. The predicted octanol–water partition coefficient (Wildman–Crippen LogP) is 3.62. The van der Waals surface area contributed by atoms with Crippen LogP contribution in [0.3, 0.4) is 0 Å². The molecule has 2 rings (SSSR count). The molecule has 0 spiro atoms. The Bertz CT molecular complexity index is 409. The SMILES string of the molecule is FC(F)(F)C1CCCN(Cc2cccc(Br)n2)C1. The number of halogens is 4. The van der Waals surface area contributed by atoms with Gasteiger partial charge in [-0.3, -0.25) is 4.90 Å². The Morgan fingerprint density at radius 2 is 2.17 bits per heavy atom. The molecule has 0 amide bonds. The Labute approximate surface area is 112 Å². The van der Waals surface area contributed by atoms with Crippen LogP contribution in [-0.4, -0.2) is 29.1 Å². The van der Waals surface area contributed by atoms with Gasteiger partial charge in [-0.1, -0.05) is 6.07 Å². The molecule has 1 aliphatic heterocycles. The minimum Gasteiger partial charge on any atom is -0.297 e. The zero-order valence-electron chi connectivity index (χ0n) is 9.75. The third-order valence-electron chi connectivity index (χ3n) is 3.13. The van der Waals surface area contributed by atoms with E-state index >= 15 is 0 Å². The lowest BCUT2D eigenvalue weighted by Gasteiger charge is -2.33. The van der Waals surface area contributed by atoms with Crippen LogP contribution in [0.5, 0.6) is 0 Å². The van der Waals surface area contributed by atoms with Crippen molar-refractivity contribution in [2.75, 3.05) is 13.1 Å².